The predicted octanol–water partition coefficient (Wildman–Crippen LogP) is 1.94. The summed E-state index contributed by atoms with van der Waals surface area (Å²) in [5.74, 6) is 0.323. The normalized spacial score (nSPS) is 12.6. The molecule has 1 heterocycles. The van der Waals surface area contributed by atoms with Gasteiger partial charge in [0, 0.05) is 7.11 Å². The summed E-state index contributed by atoms with van der Waals surface area (Å²) in [6.45, 7) is 5.65. The molecule has 0 saturated carbocycles. The quantitative estimate of drug-likeness (QED) is 0.406. The summed E-state index contributed by atoms with van der Waals surface area (Å²) in [5.41, 5.74) is -0.753. The first-order chi connectivity index (χ1) is 10.4. The van der Waals surface area contributed by atoms with Gasteiger partial charge in [-0.1, -0.05) is 11.8 Å². The number of nitrogens with zero attached hydrogens (tertiary/aromatic N) is 2. The molecular weight excluding hydrogens is 308 g/mol. The van der Waals surface area contributed by atoms with Crippen molar-refractivity contribution in [3.63, 3.8) is 0 Å². The molecule has 0 amide bonds. The Balaban J connectivity index is 3.10. The zero-order valence-corrected chi connectivity index (χ0v) is 14.5. The molecule has 0 saturated heterocycles. The number of rotatable bonds is 8. The van der Waals surface area contributed by atoms with Gasteiger partial charge in [0.2, 0.25) is 11.8 Å². The molecule has 1 unspecified atom stereocenters. The topological polar surface area (TPSA) is 79.8 Å². The van der Waals surface area contributed by atoms with Gasteiger partial charge in [-0.2, -0.15) is 9.97 Å². The second-order valence-corrected chi connectivity index (χ2v) is 5.87. The summed E-state index contributed by atoms with van der Waals surface area (Å²) in [6, 6.07) is 1.56. The van der Waals surface area contributed by atoms with E-state index in [0.717, 1.165) is 11.8 Å². The first-order valence-corrected chi connectivity index (χ1v) is 7.61. The van der Waals surface area contributed by atoms with Gasteiger partial charge in [-0.25, -0.2) is 0 Å². The van der Waals surface area contributed by atoms with Crippen LogP contribution in [0.4, 0.5) is 0 Å². The Labute approximate surface area is 134 Å². The van der Waals surface area contributed by atoms with Crippen LogP contribution in [0.3, 0.4) is 0 Å². The van der Waals surface area contributed by atoms with Crippen molar-refractivity contribution < 1.29 is 23.7 Å². The van der Waals surface area contributed by atoms with Crippen molar-refractivity contribution in [3.8, 4) is 11.8 Å². The summed E-state index contributed by atoms with van der Waals surface area (Å²) in [5, 5.41) is -0.284. The molecule has 1 aromatic rings. The Morgan fingerprint density at radius 3 is 2.18 bits per heavy atom. The molecule has 8 heteroatoms. The molecule has 0 bridgehead atoms. The smallest absolute Gasteiger partial charge is 0.322 e. The monoisotopic (exact) mass is 330 g/mol. The van der Waals surface area contributed by atoms with Gasteiger partial charge in [0.05, 0.1) is 32.5 Å². The van der Waals surface area contributed by atoms with Crippen LogP contribution in [0.1, 0.15) is 20.8 Å². The first kappa shape index (κ1) is 18.5. The Hall–Kier alpha value is -1.54. The third-order valence-electron chi connectivity index (χ3n) is 2.96. The fourth-order valence-corrected chi connectivity index (χ4v) is 2.59. The van der Waals surface area contributed by atoms with Crippen LogP contribution in [-0.4, -0.2) is 54.7 Å². The number of hydrogen-bond donors (Lipinski definition) is 0. The lowest BCUT2D eigenvalue weighted by Gasteiger charge is -2.30. The van der Waals surface area contributed by atoms with Gasteiger partial charge in [-0.3, -0.25) is 4.79 Å². The second-order valence-electron chi connectivity index (χ2n) is 4.79. The number of carbonyl (C=O) groups excluding carboxylic acids is 1. The lowest BCUT2D eigenvalue weighted by atomic mass is 10.1. The van der Waals surface area contributed by atoms with E-state index in [1.54, 1.807) is 33.9 Å². The molecule has 0 fully saturated rings. The average molecular weight is 330 g/mol. The van der Waals surface area contributed by atoms with Gasteiger partial charge in [0.25, 0.3) is 0 Å². The fourth-order valence-electron chi connectivity index (χ4n) is 1.55. The van der Waals surface area contributed by atoms with Crippen LogP contribution in [0, 0.1) is 0 Å². The number of aromatic nitrogens is 2. The zero-order valence-electron chi connectivity index (χ0n) is 13.7. The molecule has 0 spiro atoms. The Kier molecular flexibility index (Phi) is 6.89. The molecule has 22 heavy (non-hydrogen) atoms. The zero-order chi connectivity index (χ0) is 16.8. The highest BCUT2D eigenvalue weighted by atomic mass is 32.2. The maximum atomic E-state index is 12.2. The van der Waals surface area contributed by atoms with Gasteiger partial charge in [0.15, 0.2) is 5.16 Å². The van der Waals surface area contributed by atoms with Gasteiger partial charge in [-0.05, 0) is 20.8 Å². The summed E-state index contributed by atoms with van der Waals surface area (Å²) in [4.78, 5) is 20.7. The summed E-state index contributed by atoms with van der Waals surface area (Å²) in [7, 11) is 4.54. The maximum Gasteiger partial charge on any atom is 0.322 e. The van der Waals surface area contributed by atoms with Crippen LogP contribution < -0.4 is 9.47 Å². The van der Waals surface area contributed by atoms with E-state index in [1.165, 1.54) is 14.2 Å². The van der Waals surface area contributed by atoms with E-state index >= 15 is 0 Å². The van der Waals surface area contributed by atoms with Crippen molar-refractivity contribution in [2.24, 2.45) is 0 Å². The van der Waals surface area contributed by atoms with Crippen molar-refractivity contribution in [3.05, 3.63) is 6.07 Å². The predicted molar refractivity (Wildman–Crippen MR) is 82.5 cm³/mol. The molecule has 124 valence electrons. The van der Waals surface area contributed by atoms with E-state index in [1.807, 2.05) is 0 Å². The van der Waals surface area contributed by atoms with Crippen molar-refractivity contribution >= 4 is 17.7 Å². The molecule has 1 atom stereocenters. The summed E-state index contributed by atoms with van der Waals surface area (Å²) >= 11 is 1.15. The number of thioether (sulfide) groups is 1. The highest BCUT2D eigenvalue weighted by Gasteiger charge is 2.38. The van der Waals surface area contributed by atoms with E-state index in [-0.39, 0.29) is 12.6 Å². The largest absolute Gasteiger partial charge is 0.481 e. The van der Waals surface area contributed by atoms with Crippen LogP contribution in [0.2, 0.25) is 0 Å². The van der Waals surface area contributed by atoms with Crippen LogP contribution in [0.15, 0.2) is 11.2 Å². The third kappa shape index (κ3) is 4.74. The Bertz CT molecular complexity index is 488. The third-order valence-corrected chi connectivity index (χ3v) is 4.35. The van der Waals surface area contributed by atoms with Gasteiger partial charge < -0.3 is 18.9 Å². The lowest BCUT2D eigenvalue weighted by Crippen LogP contribution is -2.42. The first-order valence-electron chi connectivity index (χ1n) is 6.73. The minimum atomic E-state index is -0.753. The second kappa shape index (κ2) is 8.19. The van der Waals surface area contributed by atoms with Crippen LogP contribution in [0.25, 0.3) is 0 Å². The maximum absolute atomic E-state index is 12.2. The van der Waals surface area contributed by atoms with E-state index < -0.39 is 10.9 Å². The molecule has 0 aromatic carbocycles. The number of methoxy groups -OCH3 is 3. The van der Waals surface area contributed by atoms with Crippen molar-refractivity contribution in [2.75, 3.05) is 27.9 Å². The van der Waals surface area contributed by atoms with Crippen LogP contribution >= 0.6 is 11.8 Å². The minimum Gasteiger partial charge on any atom is -0.481 e. The molecule has 0 radical (unpaired) electrons. The Morgan fingerprint density at radius 2 is 1.77 bits per heavy atom. The van der Waals surface area contributed by atoms with Crippen molar-refractivity contribution in [2.45, 2.75) is 36.8 Å². The van der Waals surface area contributed by atoms with Gasteiger partial charge in [-0.15, -0.1) is 0 Å². The molecular formula is C14H22N2O5S. The van der Waals surface area contributed by atoms with Gasteiger partial charge in [0.1, 0.15) is 5.25 Å². The highest BCUT2D eigenvalue weighted by molar-refractivity contribution is 8.00. The van der Waals surface area contributed by atoms with Gasteiger partial charge >= 0.3 is 5.97 Å². The molecule has 0 N–H and O–H groups in total. The van der Waals surface area contributed by atoms with Crippen LogP contribution in [0.5, 0.6) is 11.8 Å². The molecule has 1 rings (SSSR count). The Morgan fingerprint density at radius 1 is 1.23 bits per heavy atom. The highest BCUT2D eigenvalue weighted by Crippen LogP contribution is 2.33. The lowest BCUT2D eigenvalue weighted by molar-refractivity contribution is -0.147. The molecule has 0 aliphatic rings. The summed E-state index contributed by atoms with van der Waals surface area (Å²) in [6.07, 6.45) is 0. The van der Waals surface area contributed by atoms with E-state index in [4.69, 9.17) is 18.9 Å². The number of esters is 1. The van der Waals surface area contributed by atoms with Crippen molar-refractivity contribution in [1.29, 1.82) is 0 Å². The SMILES string of the molecule is CCOC(=O)C(Sc1nc(OC)cc(OC)n1)C(C)(C)OC. The number of hydrogen-bond acceptors (Lipinski definition) is 8. The molecule has 0 aliphatic carbocycles. The van der Waals surface area contributed by atoms with E-state index in [9.17, 15) is 4.79 Å². The summed E-state index contributed by atoms with van der Waals surface area (Å²) < 4.78 is 20.7. The standard InChI is InChI=1S/C14H22N2O5S/c1-7-21-12(17)11(14(2,3)20-6)22-13-15-9(18-4)8-10(16-13)19-5/h8,11H,7H2,1-6H3. The number of carbonyl (C=O) groups is 1. The average Bonchev–Trinajstić information content (AvgIpc) is 2.52. The molecule has 7 nitrogen and oxygen atoms in total. The molecule has 0 aliphatic heterocycles. The minimum absolute atomic E-state index is 0.290. The van der Waals surface area contributed by atoms with Crippen LogP contribution in [-0.2, 0) is 14.3 Å². The van der Waals surface area contributed by atoms with E-state index in [0.29, 0.717) is 16.9 Å². The number of ether oxygens (including phenoxy) is 4. The fraction of sp³-hybridized carbons (Fsp3) is 0.643. The van der Waals surface area contributed by atoms with E-state index in [2.05, 4.69) is 9.97 Å². The van der Waals surface area contributed by atoms with Crippen molar-refractivity contribution in [1.82, 2.24) is 9.97 Å². The molecule has 1 aromatic heterocycles.